The molecule has 3 atom stereocenters. The number of halogens is 5. The van der Waals surface area contributed by atoms with Crippen molar-refractivity contribution in [3.05, 3.63) is 138 Å². The molecular formula is C34H33Cl5N2. The number of hydrogen-bond acceptors (Lipinski definition) is 2. The summed E-state index contributed by atoms with van der Waals surface area (Å²) < 4.78 is 0. The summed E-state index contributed by atoms with van der Waals surface area (Å²) in [5.74, 6) is 0.775. The minimum absolute atomic E-state index is 0. The van der Waals surface area contributed by atoms with Crippen molar-refractivity contribution in [3.63, 3.8) is 0 Å². The predicted molar refractivity (Wildman–Crippen MR) is 179 cm³/mol. The molecule has 2 aliphatic carbocycles. The van der Waals surface area contributed by atoms with Gasteiger partial charge in [0.2, 0.25) is 0 Å². The van der Waals surface area contributed by atoms with Gasteiger partial charge in [0.25, 0.3) is 0 Å². The molecule has 4 aromatic carbocycles. The molecular weight excluding hydrogens is 614 g/mol. The van der Waals surface area contributed by atoms with Gasteiger partial charge in [-0.2, -0.15) is 0 Å². The van der Waals surface area contributed by atoms with Crippen LogP contribution in [0.25, 0.3) is 0 Å². The molecule has 0 saturated carbocycles. The lowest BCUT2D eigenvalue weighted by Crippen LogP contribution is -2.24. The molecule has 6 rings (SSSR count). The maximum absolute atomic E-state index is 6.17. The summed E-state index contributed by atoms with van der Waals surface area (Å²) in [5, 5.41) is 5.89. The second-order valence-electron chi connectivity index (χ2n) is 10.3. The molecule has 0 radical (unpaired) electrons. The maximum Gasteiger partial charge on any atom is 0.0595 e. The van der Waals surface area contributed by atoms with Gasteiger partial charge in [0.15, 0.2) is 0 Å². The SMILES string of the molecule is CN=C1CC[C@@H](c2ccc(Cl)c(Cl)c2)c2ccccc21.CN[C@H]1CC[C@@H](c2ccc(Cl)c(Cl)c2)c2ccccc21.Cl. The first-order chi connectivity index (χ1) is 19.4. The topological polar surface area (TPSA) is 24.4 Å². The van der Waals surface area contributed by atoms with Gasteiger partial charge in [0, 0.05) is 30.6 Å². The van der Waals surface area contributed by atoms with Crippen molar-refractivity contribution in [2.45, 2.75) is 43.6 Å². The van der Waals surface area contributed by atoms with Gasteiger partial charge in [-0.25, -0.2) is 0 Å². The molecule has 0 saturated heterocycles. The lowest BCUT2D eigenvalue weighted by Gasteiger charge is -2.32. The van der Waals surface area contributed by atoms with Gasteiger partial charge in [0.05, 0.1) is 20.1 Å². The molecule has 0 aliphatic heterocycles. The molecule has 0 bridgehead atoms. The molecule has 7 heteroatoms. The number of rotatable bonds is 3. The molecule has 1 N–H and O–H groups in total. The van der Waals surface area contributed by atoms with Crippen LogP contribution in [-0.4, -0.2) is 19.8 Å². The fraction of sp³-hybridized carbons (Fsp3) is 0.265. The van der Waals surface area contributed by atoms with E-state index in [1.54, 1.807) is 0 Å². The first-order valence-electron chi connectivity index (χ1n) is 13.6. The van der Waals surface area contributed by atoms with Gasteiger partial charge < -0.3 is 5.32 Å². The lowest BCUT2D eigenvalue weighted by molar-refractivity contribution is 0.471. The van der Waals surface area contributed by atoms with Crippen molar-refractivity contribution in [2.75, 3.05) is 14.1 Å². The fourth-order valence-electron chi connectivity index (χ4n) is 6.11. The van der Waals surface area contributed by atoms with Gasteiger partial charge in [-0.05, 0) is 90.4 Å². The Balaban J connectivity index is 0.000000184. The smallest absolute Gasteiger partial charge is 0.0595 e. The number of hydrogen-bond donors (Lipinski definition) is 1. The Morgan fingerprint density at radius 1 is 0.634 bits per heavy atom. The third kappa shape index (κ3) is 6.96. The van der Waals surface area contributed by atoms with E-state index in [9.17, 15) is 0 Å². The Labute approximate surface area is 269 Å². The van der Waals surface area contributed by atoms with Crippen molar-refractivity contribution in [3.8, 4) is 0 Å². The quantitative estimate of drug-likeness (QED) is 0.235. The lowest BCUT2D eigenvalue weighted by atomic mass is 9.77. The number of benzene rings is 4. The zero-order valence-corrected chi connectivity index (χ0v) is 26.9. The zero-order chi connectivity index (χ0) is 28.2. The van der Waals surface area contributed by atoms with Crippen LogP contribution in [0.3, 0.4) is 0 Å². The van der Waals surface area contributed by atoms with E-state index in [4.69, 9.17) is 46.4 Å². The Morgan fingerprint density at radius 2 is 1.17 bits per heavy atom. The van der Waals surface area contributed by atoms with Crippen LogP contribution in [0.2, 0.25) is 20.1 Å². The van der Waals surface area contributed by atoms with Crippen molar-refractivity contribution >= 4 is 64.5 Å². The summed E-state index contributed by atoms with van der Waals surface area (Å²) in [7, 11) is 3.90. The van der Waals surface area contributed by atoms with E-state index in [2.05, 4.69) is 71.0 Å². The zero-order valence-electron chi connectivity index (χ0n) is 23.0. The van der Waals surface area contributed by atoms with Crippen molar-refractivity contribution in [1.82, 2.24) is 5.32 Å². The molecule has 41 heavy (non-hydrogen) atoms. The highest BCUT2D eigenvalue weighted by Gasteiger charge is 2.27. The van der Waals surface area contributed by atoms with E-state index in [1.165, 1.54) is 39.1 Å². The number of fused-ring (bicyclic) bond motifs is 2. The molecule has 0 unspecified atom stereocenters. The first kappa shape index (κ1) is 31.9. The maximum atomic E-state index is 6.17. The van der Waals surface area contributed by atoms with Crippen LogP contribution in [-0.2, 0) is 0 Å². The number of nitrogens with zero attached hydrogens (tertiary/aromatic N) is 1. The summed E-state index contributed by atoms with van der Waals surface area (Å²) in [6.45, 7) is 0. The summed E-state index contributed by atoms with van der Waals surface area (Å²) in [6.07, 6.45) is 4.32. The average Bonchev–Trinajstić information content (AvgIpc) is 2.99. The van der Waals surface area contributed by atoms with Crippen LogP contribution in [0.1, 0.15) is 76.9 Å². The minimum Gasteiger partial charge on any atom is -0.313 e. The summed E-state index contributed by atoms with van der Waals surface area (Å²) in [4.78, 5) is 4.42. The van der Waals surface area contributed by atoms with Gasteiger partial charge >= 0.3 is 0 Å². The Morgan fingerprint density at radius 3 is 1.73 bits per heavy atom. The van der Waals surface area contributed by atoms with Crippen molar-refractivity contribution in [2.24, 2.45) is 4.99 Å². The second kappa shape index (κ2) is 14.4. The van der Waals surface area contributed by atoms with Crippen LogP contribution in [0.15, 0.2) is 89.9 Å². The Kier molecular flexibility index (Phi) is 11.2. The molecule has 0 amide bonds. The van der Waals surface area contributed by atoms with E-state index >= 15 is 0 Å². The van der Waals surface area contributed by atoms with E-state index in [0.717, 1.165) is 25.7 Å². The van der Waals surface area contributed by atoms with Gasteiger partial charge in [-0.1, -0.05) is 107 Å². The first-order valence-corrected chi connectivity index (χ1v) is 15.1. The van der Waals surface area contributed by atoms with Crippen LogP contribution in [0.5, 0.6) is 0 Å². The highest BCUT2D eigenvalue weighted by atomic mass is 35.5. The normalized spacial score (nSPS) is 20.2. The number of nitrogens with one attached hydrogen (secondary N) is 1. The van der Waals surface area contributed by atoms with Crippen LogP contribution in [0.4, 0.5) is 0 Å². The van der Waals surface area contributed by atoms with Crippen LogP contribution < -0.4 is 5.32 Å². The molecule has 0 fully saturated rings. The molecule has 0 heterocycles. The molecule has 4 aromatic rings. The highest BCUT2D eigenvalue weighted by Crippen LogP contribution is 2.42. The van der Waals surface area contributed by atoms with Crippen molar-refractivity contribution in [1.29, 1.82) is 0 Å². The van der Waals surface area contributed by atoms with E-state index in [1.807, 2.05) is 38.4 Å². The second-order valence-corrected chi connectivity index (χ2v) is 11.9. The summed E-state index contributed by atoms with van der Waals surface area (Å²) in [6, 6.07) is 29.6. The largest absolute Gasteiger partial charge is 0.313 e. The van der Waals surface area contributed by atoms with E-state index < -0.39 is 0 Å². The van der Waals surface area contributed by atoms with Crippen LogP contribution in [0, 0.1) is 0 Å². The van der Waals surface area contributed by atoms with E-state index in [0.29, 0.717) is 38.0 Å². The Bertz CT molecular complexity index is 1530. The molecule has 214 valence electrons. The molecule has 2 nitrogen and oxygen atoms in total. The monoisotopic (exact) mass is 644 g/mol. The van der Waals surface area contributed by atoms with E-state index in [-0.39, 0.29) is 12.4 Å². The Hall–Kier alpha value is -2.04. The molecule has 0 spiro atoms. The number of aliphatic imine (C=N–C) groups is 1. The predicted octanol–water partition coefficient (Wildman–Crippen LogP) is 10.9. The van der Waals surface area contributed by atoms with Gasteiger partial charge in [-0.3, -0.25) is 4.99 Å². The highest BCUT2D eigenvalue weighted by molar-refractivity contribution is 6.42. The van der Waals surface area contributed by atoms with Gasteiger partial charge in [-0.15, -0.1) is 12.4 Å². The standard InChI is InChI=1S/C17H17Cl2N.C17H15Cl2N.ClH/c2*1-20-17-9-7-12(13-4-2-3-5-14(13)17)11-6-8-15(18)16(19)10-11;/h2-6,8,10,12,17,20H,7,9H2,1H3;2-6,8,10,12H,7,9H2,1H3;1H/t12-,17-;12-;/m00./s1. The third-order valence-corrected chi connectivity index (χ3v) is 9.60. The van der Waals surface area contributed by atoms with Crippen LogP contribution >= 0.6 is 58.8 Å². The molecule has 2 aliphatic rings. The van der Waals surface area contributed by atoms with Crippen molar-refractivity contribution < 1.29 is 0 Å². The van der Waals surface area contributed by atoms with Gasteiger partial charge in [0.1, 0.15) is 0 Å². The summed E-state index contributed by atoms with van der Waals surface area (Å²) >= 11 is 24.4. The molecule has 0 aromatic heterocycles. The third-order valence-electron chi connectivity index (χ3n) is 8.12. The average molecular weight is 647 g/mol. The minimum atomic E-state index is 0. The fourth-order valence-corrected chi connectivity index (χ4v) is 6.72. The summed E-state index contributed by atoms with van der Waals surface area (Å²) in [5.41, 5.74) is 9.06.